The standard InChI is InChI=1S/C13H22NO6PS/c1-4-14(21-8-11(15)9-22(16,17)18)10-5-12(19-2)7-13(6-10)20-3/h5-7,11,15,21H,4,8-9H2,1-3H3,(H,16,17,18). The van der Waals surface area contributed by atoms with Gasteiger partial charge in [0.1, 0.15) is 17.3 Å². The number of anilines is 1. The fraction of sp³-hybridized carbons (Fsp3) is 0.538. The minimum Gasteiger partial charge on any atom is -0.497 e. The molecule has 0 heterocycles. The maximum absolute atomic E-state index is 10.7. The third-order valence-corrected chi connectivity index (χ3v) is 5.30. The molecular weight excluding hydrogens is 329 g/mol. The summed E-state index contributed by atoms with van der Waals surface area (Å²) in [4.78, 5) is 0. The Kier molecular flexibility index (Phi) is 7.35. The summed E-state index contributed by atoms with van der Waals surface area (Å²) in [6, 6.07) is 5.44. The predicted octanol–water partition coefficient (Wildman–Crippen LogP) is 1.37. The van der Waals surface area contributed by atoms with Crippen LogP contribution in [0.25, 0.3) is 0 Å². The molecular formula is C13H22NO6PS. The fourth-order valence-electron chi connectivity index (χ4n) is 1.85. The van der Waals surface area contributed by atoms with Crippen molar-refractivity contribution < 1.29 is 27.6 Å². The van der Waals surface area contributed by atoms with Crippen molar-refractivity contribution >= 4 is 24.5 Å². The molecule has 2 atom stereocenters. The summed E-state index contributed by atoms with van der Waals surface area (Å²) in [5.74, 6) is 0.645. The number of aliphatic hydroxyl groups is 1. The largest absolute Gasteiger partial charge is 0.497 e. The lowest BCUT2D eigenvalue weighted by atomic mass is 10.2. The lowest BCUT2D eigenvalue weighted by Crippen LogP contribution is -2.24. The maximum atomic E-state index is 10.7. The number of aliphatic hydroxyl groups excluding tert-OH is 1. The molecule has 9 heteroatoms. The Morgan fingerprint density at radius 3 is 2.18 bits per heavy atom. The van der Waals surface area contributed by atoms with Gasteiger partial charge in [-0.05, 0) is 15.7 Å². The molecule has 0 aliphatic rings. The SMILES string of the molecule is CCN(PCC(O)CS(=O)(=O)O)c1cc(OC)cc(OC)c1. The van der Waals surface area contributed by atoms with E-state index < -0.39 is 22.0 Å². The minimum absolute atomic E-state index is 0.159. The minimum atomic E-state index is -4.17. The zero-order chi connectivity index (χ0) is 16.8. The number of hydrogen-bond acceptors (Lipinski definition) is 6. The Balaban J connectivity index is 2.79. The number of nitrogens with zero attached hydrogens (tertiary/aromatic N) is 1. The van der Waals surface area contributed by atoms with Crippen LogP contribution in [0.5, 0.6) is 11.5 Å². The maximum Gasteiger partial charge on any atom is 0.267 e. The monoisotopic (exact) mass is 351 g/mol. The molecule has 0 aliphatic heterocycles. The quantitative estimate of drug-likeness (QED) is 0.512. The van der Waals surface area contributed by atoms with Crippen LogP contribution in [0.2, 0.25) is 0 Å². The lowest BCUT2D eigenvalue weighted by Gasteiger charge is -2.25. The van der Waals surface area contributed by atoms with Crippen LogP contribution in [-0.4, -0.2) is 56.9 Å². The van der Waals surface area contributed by atoms with Gasteiger partial charge in [0.15, 0.2) is 0 Å². The Labute approximate surface area is 132 Å². The summed E-state index contributed by atoms with van der Waals surface area (Å²) in [5, 5.41) is 9.67. The third-order valence-electron chi connectivity index (χ3n) is 2.88. The van der Waals surface area contributed by atoms with E-state index in [-0.39, 0.29) is 14.9 Å². The first-order valence-corrected chi connectivity index (χ1v) is 9.42. The van der Waals surface area contributed by atoms with Crippen LogP contribution in [0.1, 0.15) is 6.92 Å². The normalized spacial score (nSPS) is 13.3. The van der Waals surface area contributed by atoms with Crippen LogP contribution in [0.3, 0.4) is 0 Å². The van der Waals surface area contributed by atoms with Crippen LogP contribution in [0.15, 0.2) is 18.2 Å². The molecule has 0 aliphatic carbocycles. The highest BCUT2D eigenvalue weighted by molar-refractivity contribution is 7.85. The van der Waals surface area contributed by atoms with E-state index in [1.165, 1.54) is 0 Å². The first-order valence-electron chi connectivity index (χ1n) is 6.66. The van der Waals surface area contributed by atoms with Gasteiger partial charge in [0.2, 0.25) is 0 Å². The molecule has 0 radical (unpaired) electrons. The molecule has 7 nitrogen and oxygen atoms in total. The number of hydrogen-bond donors (Lipinski definition) is 2. The summed E-state index contributed by atoms with van der Waals surface area (Å²) in [6.07, 6.45) is -0.859. The first-order chi connectivity index (χ1) is 10.3. The van der Waals surface area contributed by atoms with E-state index in [1.54, 1.807) is 20.3 Å². The average Bonchev–Trinajstić information content (AvgIpc) is 2.45. The topological polar surface area (TPSA) is 96.3 Å². The summed E-state index contributed by atoms with van der Waals surface area (Å²) >= 11 is 0. The molecule has 0 saturated carbocycles. The van der Waals surface area contributed by atoms with Crippen molar-refractivity contribution in [3.8, 4) is 11.5 Å². The van der Waals surface area contributed by atoms with Crippen LogP contribution in [0, 0.1) is 0 Å². The van der Waals surface area contributed by atoms with Crippen LogP contribution < -0.4 is 14.1 Å². The summed E-state index contributed by atoms with van der Waals surface area (Å²) < 4.78 is 42.6. The zero-order valence-electron chi connectivity index (χ0n) is 12.8. The lowest BCUT2D eigenvalue weighted by molar-refractivity contribution is 0.219. The molecule has 0 bridgehead atoms. The van der Waals surface area contributed by atoms with Crippen molar-refractivity contribution in [2.75, 3.05) is 37.3 Å². The Hall–Kier alpha value is -1.08. The second-order valence-electron chi connectivity index (χ2n) is 4.58. The van der Waals surface area contributed by atoms with Crippen molar-refractivity contribution in [1.29, 1.82) is 0 Å². The fourth-order valence-corrected chi connectivity index (χ4v) is 3.78. The van der Waals surface area contributed by atoms with Gasteiger partial charge in [0.25, 0.3) is 10.1 Å². The van der Waals surface area contributed by atoms with Gasteiger partial charge in [0, 0.05) is 36.6 Å². The molecule has 0 fully saturated rings. The number of methoxy groups -OCH3 is 2. The molecule has 22 heavy (non-hydrogen) atoms. The molecule has 0 aromatic heterocycles. The molecule has 0 saturated heterocycles. The second kappa shape index (κ2) is 8.53. The van der Waals surface area contributed by atoms with E-state index >= 15 is 0 Å². The molecule has 1 aromatic carbocycles. The molecule has 1 aromatic rings. The van der Waals surface area contributed by atoms with Gasteiger partial charge in [-0.25, -0.2) is 0 Å². The van der Waals surface area contributed by atoms with E-state index in [0.29, 0.717) is 18.0 Å². The first kappa shape index (κ1) is 19.0. The van der Waals surface area contributed by atoms with Crippen molar-refractivity contribution in [2.24, 2.45) is 0 Å². The smallest absolute Gasteiger partial charge is 0.267 e. The highest BCUT2D eigenvalue weighted by atomic mass is 32.2. The Morgan fingerprint density at radius 1 is 1.23 bits per heavy atom. The Bertz CT molecular complexity index is 558. The number of rotatable bonds is 9. The molecule has 0 spiro atoms. The van der Waals surface area contributed by atoms with Gasteiger partial charge >= 0.3 is 0 Å². The Morgan fingerprint density at radius 2 is 1.77 bits per heavy atom. The molecule has 2 unspecified atom stereocenters. The van der Waals surface area contributed by atoms with Crippen molar-refractivity contribution in [2.45, 2.75) is 13.0 Å². The van der Waals surface area contributed by atoms with E-state index in [1.807, 2.05) is 23.7 Å². The summed E-state index contributed by atoms with van der Waals surface area (Å²) in [6.45, 7) is 2.63. The van der Waals surface area contributed by atoms with Crippen molar-refractivity contribution in [1.82, 2.24) is 0 Å². The van der Waals surface area contributed by atoms with Crippen LogP contribution in [-0.2, 0) is 10.1 Å². The summed E-state index contributed by atoms with van der Waals surface area (Å²) in [5.41, 5.74) is 0.857. The van der Waals surface area contributed by atoms with Gasteiger partial charge < -0.3 is 19.3 Å². The van der Waals surface area contributed by atoms with E-state index in [0.717, 1.165) is 5.69 Å². The van der Waals surface area contributed by atoms with Gasteiger partial charge in [-0.1, -0.05) is 0 Å². The van der Waals surface area contributed by atoms with Gasteiger partial charge in [-0.2, -0.15) is 8.42 Å². The molecule has 1 rings (SSSR count). The van der Waals surface area contributed by atoms with Gasteiger partial charge in [-0.3, -0.25) is 4.55 Å². The zero-order valence-corrected chi connectivity index (χ0v) is 14.6. The van der Waals surface area contributed by atoms with Crippen molar-refractivity contribution in [3.05, 3.63) is 18.2 Å². The van der Waals surface area contributed by atoms with Gasteiger partial charge in [-0.15, -0.1) is 0 Å². The van der Waals surface area contributed by atoms with E-state index in [4.69, 9.17) is 14.0 Å². The second-order valence-corrected chi connectivity index (χ2v) is 7.34. The third kappa shape index (κ3) is 6.36. The summed E-state index contributed by atoms with van der Waals surface area (Å²) in [7, 11) is -0.884. The molecule has 0 amide bonds. The predicted molar refractivity (Wildman–Crippen MR) is 88.2 cm³/mol. The van der Waals surface area contributed by atoms with Crippen LogP contribution >= 0.6 is 8.73 Å². The molecule has 2 N–H and O–H groups in total. The van der Waals surface area contributed by atoms with Gasteiger partial charge in [0.05, 0.1) is 20.3 Å². The number of ether oxygens (including phenoxy) is 2. The van der Waals surface area contributed by atoms with Crippen LogP contribution in [0.4, 0.5) is 5.69 Å². The van der Waals surface area contributed by atoms with Crippen molar-refractivity contribution in [3.63, 3.8) is 0 Å². The van der Waals surface area contributed by atoms with E-state index in [2.05, 4.69) is 0 Å². The molecule has 126 valence electrons. The highest BCUT2D eigenvalue weighted by Crippen LogP contribution is 2.34. The van der Waals surface area contributed by atoms with E-state index in [9.17, 15) is 13.5 Å². The highest BCUT2D eigenvalue weighted by Gasteiger charge is 2.16. The average molecular weight is 351 g/mol. The number of benzene rings is 1.